The van der Waals surface area contributed by atoms with Gasteiger partial charge in [0.1, 0.15) is 5.75 Å². The number of hydrogen-bond acceptors (Lipinski definition) is 8. The number of likely N-dealkylation sites (tertiary alicyclic amines) is 1. The summed E-state index contributed by atoms with van der Waals surface area (Å²) in [4.78, 5) is 66.8. The van der Waals surface area contributed by atoms with Gasteiger partial charge in [0.2, 0.25) is 23.6 Å². The number of para-hydroxylation sites is 1. The van der Waals surface area contributed by atoms with Crippen LogP contribution in [0.2, 0.25) is 0 Å². The number of amides is 4. The molecule has 5 aliphatic rings. The van der Waals surface area contributed by atoms with Crippen LogP contribution in [0.4, 0.5) is 0 Å². The molecule has 6 bridgehead atoms. The smallest absolute Gasteiger partial charge is 0.228 e. The topological polar surface area (TPSA) is 135 Å². The van der Waals surface area contributed by atoms with Gasteiger partial charge in [-0.25, -0.2) is 4.98 Å². The molecule has 8 rings (SSSR count). The van der Waals surface area contributed by atoms with E-state index in [1.165, 1.54) is 0 Å². The largest absolute Gasteiger partial charge is 0.508 e. The number of fused-ring (bicyclic) bond motifs is 8. The van der Waals surface area contributed by atoms with Crippen LogP contribution in [0.25, 0.3) is 0 Å². The van der Waals surface area contributed by atoms with Gasteiger partial charge in [-0.3, -0.25) is 24.1 Å². The van der Waals surface area contributed by atoms with Gasteiger partial charge in [-0.2, -0.15) is 0 Å². The van der Waals surface area contributed by atoms with Gasteiger partial charge in [0.25, 0.3) is 0 Å². The van der Waals surface area contributed by atoms with Gasteiger partial charge in [0, 0.05) is 88.0 Å². The number of rotatable bonds is 6. The second kappa shape index (κ2) is 18.1. The number of aryl methyl sites for hydroxylation is 1. The van der Waals surface area contributed by atoms with E-state index in [0.29, 0.717) is 70.8 Å². The van der Waals surface area contributed by atoms with E-state index in [2.05, 4.69) is 15.5 Å². The number of piperidine rings is 3. The molecule has 0 aliphatic carbocycles. The predicted molar refractivity (Wildman–Crippen MR) is 212 cm³/mol. The monoisotopic (exact) mass is 768 g/mol. The van der Waals surface area contributed by atoms with Gasteiger partial charge >= 0.3 is 0 Å². The second-order valence-electron chi connectivity index (χ2n) is 16.2. The SMILES string of the molecule is Cc1sc2nc1CC(=O)N1CC[C@@H](CC(=O)NCc3ccccc3)[C@@H](CC(=O)NCC[C@H]3CN(Cc4ccccc4O)CC[C@H]3CC(=O)N3CCC2CC3)C1. The van der Waals surface area contributed by atoms with Gasteiger partial charge in [-0.05, 0) is 80.9 Å². The molecule has 5 aliphatic heterocycles. The molecule has 0 radical (unpaired) electrons. The number of carbonyl (C=O) groups is 4. The summed E-state index contributed by atoms with van der Waals surface area (Å²) in [6, 6.07) is 17.3. The third-order valence-corrected chi connectivity index (χ3v) is 13.7. The predicted octanol–water partition coefficient (Wildman–Crippen LogP) is 5.02. The highest BCUT2D eigenvalue weighted by Crippen LogP contribution is 2.36. The van der Waals surface area contributed by atoms with E-state index in [1.54, 1.807) is 17.4 Å². The molecule has 6 heterocycles. The van der Waals surface area contributed by atoms with E-state index < -0.39 is 0 Å². The lowest BCUT2D eigenvalue weighted by Gasteiger charge is -2.40. The Morgan fingerprint density at radius 2 is 1.62 bits per heavy atom. The number of hydrogen-bond donors (Lipinski definition) is 3. The Bertz CT molecular complexity index is 1810. The van der Waals surface area contributed by atoms with Crippen molar-refractivity contribution in [1.29, 1.82) is 0 Å². The minimum atomic E-state index is -0.153. The highest BCUT2D eigenvalue weighted by molar-refractivity contribution is 7.11. The average molecular weight is 769 g/mol. The molecule has 1 aromatic heterocycles. The van der Waals surface area contributed by atoms with Crippen molar-refractivity contribution in [3.63, 3.8) is 0 Å². The summed E-state index contributed by atoms with van der Waals surface area (Å²) in [6.07, 6.45) is 5.31. The minimum Gasteiger partial charge on any atom is -0.508 e. The normalized spacial score (nSPS) is 25.8. The summed E-state index contributed by atoms with van der Waals surface area (Å²) in [7, 11) is 0. The average Bonchev–Trinajstić information content (AvgIpc) is 3.55. The molecule has 3 fully saturated rings. The first-order chi connectivity index (χ1) is 26.7. The van der Waals surface area contributed by atoms with Crippen LogP contribution in [0, 0.1) is 30.6 Å². The lowest BCUT2D eigenvalue weighted by atomic mass is 9.80. The Morgan fingerprint density at radius 1 is 0.855 bits per heavy atom. The van der Waals surface area contributed by atoms with Crippen molar-refractivity contribution in [2.45, 2.75) is 83.7 Å². The molecule has 294 valence electrons. The quantitative estimate of drug-likeness (QED) is 0.321. The van der Waals surface area contributed by atoms with Gasteiger partial charge in [-0.15, -0.1) is 11.3 Å². The molecule has 4 amide bonds. The molecular formula is C43H56N6O5S. The first kappa shape index (κ1) is 39.0. The summed E-state index contributed by atoms with van der Waals surface area (Å²) >= 11 is 1.68. The fraction of sp³-hybridized carbons (Fsp3) is 0.558. The number of thiazole rings is 1. The van der Waals surface area contributed by atoms with Crippen LogP contribution in [-0.2, 0) is 38.7 Å². The number of nitrogens with zero attached hydrogens (tertiary/aromatic N) is 4. The van der Waals surface area contributed by atoms with E-state index >= 15 is 0 Å². The Hall–Kier alpha value is -4.29. The van der Waals surface area contributed by atoms with Crippen molar-refractivity contribution in [2.24, 2.45) is 23.7 Å². The molecule has 55 heavy (non-hydrogen) atoms. The Balaban J connectivity index is 1.07. The molecule has 0 spiro atoms. The minimum absolute atomic E-state index is 0.0142. The molecule has 0 unspecified atom stereocenters. The van der Waals surface area contributed by atoms with Crippen molar-refractivity contribution in [3.05, 3.63) is 81.3 Å². The van der Waals surface area contributed by atoms with E-state index in [1.807, 2.05) is 65.3 Å². The fourth-order valence-corrected chi connectivity index (χ4v) is 10.3. The van der Waals surface area contributed by atoms with E-state index in [-0.39, 0.29) is 66.1 Å². The third-order valence-electron chi connectivity index (χ3n) is 12.5. The third kappa shape index (κ3) is 10.1. The van der Waals surface area contributed by atoms with Gasteiger partial charge < -0.3 is 25.5 Å². The highest BCUT2D eigenvalue weighted by Gasteiger charge is 2.36. The lowest BCUT2D eigenvalue weighted by molar-refractivity contribution is -0.135. The van der Waals surface area contributed by atoms with Gasteiger partial charge in [-0.1, -0.05) is 48.5 Å². The Kier molecular flexibility index (Phi) is 12.8. The zero-order valence-corrected chi connectivity index (χ0v) is 32.9. The maximum atomic E-state index is 13.8. The molecule has 3 N–H and O–H groups in total. The number of aromatic hydroxyl groups is 1. The van der Waals surface area contributed by atoms with Gasteiger partial charge in [0.05, 0.1) is 17.1 Å². The molecule has 12 heteroatoms. The number of aromatic nitrogens is 1. The van der Waals surface area contributed by atoms with E-state index in [4.69, 9.17) is 4.98 Å². The number of phenolic OH excluding ortho intramolecular Hbond substituents is 1. The van der Waals surface area contributed by atoms with Crippen LogP contribution in [0.5, 0.6) is 5.75 Å². The maximum Gasteiger partial charge on any atom is 0.228 e. The fourth-order valence-electron chi connectivity index (χ4n) is 9.18. The van der Waals surface area contributed by atoms with Crippen molar-refractivity contribution in [1.82, 2.24) is 30.3 Å². The number of benzene rings is 2. The van der Waals surface area contributed by atoms with Crippen molar-refractivity contribution in [2.75, 3.05) is 45.8 Å². The maximum absolute atomic E-state index is 13.8. The van der Waals surface area contributed by atoms with Crippen LogP contribution < -0.4 is 10.6 Å². The summed E-state index contributed by atoms with van der Waals surface area (Å²) in [6.45, 7) is 7.67. The molecule has 3 saturated heterocycles. The van der Waals surface area contributed by atoms with Crippen molar-refractivity contribution < 1.29 is 24.3 Å². The molecule has 0 saturated carbocycles. The lowest BCUT2D eigenvalue weighted by Crippen LogP contribution is -2.47. The summed E-state index contributed by atoms with van der Waals surface area (Å²) in [5.74, 6) is 0.911. The van der Waals surface area contributed by atoms with Crippen LogP contribution in [-0.4, -0.2) is 94.2 Å². The molecule has 11 nitrogen and oxygen atoms in total. The highest BCUT2D eigenvalue weighted by atomic mass is 32.1. The summed E-state index contributed by atoms with van der Waals surface area (Å²) < 4.78 is 0. The van der Waals surface area contributed by atoms with Crippen LogP contribution >= 0.6 is 11.3 Å². The standard InChI is InChI=1S/C43H56N6O5S/c1-29-37-24-42(54)49-20-15-32(21-40(52)45-25-30-7-3-2-4-8-30)36(28-49)22-39(51)44-16-11-34-26-47(27-35-9-5-6-10-38(35)50)17-12-33(34)23-41(53)48-18-13-31(14-19-48)43(46-37)55-29/h2-10,31-34,36,50H,11-28H2,1H3,(H,44,51)(H,45,52)/t32-,33-,34-,36-/m0/s1. The number of nitrogens with one attached hydrogen (secondary N) is 2. The zero-order valence-electron chi connectivity index (χ0n) is 32.1. The molecular weight excluding hydrogens is 713 g/mol. The van der Waals surface area contributed by atoms with Crippen LogP contribution in [0.1, 0.15) is 84.0 Å². The molecule has 4 atom stereocenters. The summed E-state index contributed by atoms with van der Waals surface area (Å²) in [5.41, 5.74) is 2.75. The van der Waals surface area contributed by atoms with Gasteiger partial charge in [0.15, 0.2) is 0 Å². The summed E-state index contributed by atoms with van der Waals surface area (Å²) in [5, 5.41) is 17.8. The molecule has 3 aromatic rings. The van der Waals surface area contributed by atoms with Crippen molar-refractivity contribution >= 4 is 35.0 Å². The second-order valence-corrected chi connectivity index (χ2v) is 17.5. The first-order valence-corrected chi connectivity index (χ1v) is 21.1. The van der Waals surface area contributed by atoms with E-state index in [9.17, 15) is 24.3 Å². The number of phenols is 1. The number of carbonyl (C=O) groups excluding carboxylic acids is 4. The van der Waals surface area contributed by atoms with Crippen LogP contribution in [0.15, 0.2) is 54.6 Å². The first-order valence-electron chi connectivity index (χ1n) is 20.3. The van der Waals surface area contributed by atoms with Crippen LogP contribution in [0.3, 0.4) is 0 Å². The zero-order chi connectivity index (χ0) is 38.3. The van der Waals surface area contributed by atoms with E-state index in [0.717, 1.165) is 65.5 Å². The van der Waals surface area contributed by atoms with Crippen molar-refractivity contribution in [3.8, 4) is 5.75 Å². The molecule has 2 aromatic carbocycles. The Morgan fingerprint density at radius 3 is 2.42 bits per heavy atom. The Labute approximate surface area is 328 Å².